The van der Waals surface area contributed by atoms with E-state index < -0.39 is 29.5 Å². The van der Waals surface area contributed by atoms with Crippen molar-refractivity contribution in [3.63, 3.8) is 0 Å². The van der Waals surface area contributed by atoms with Crippen LogP contribution in [0.5, 0.6) is 11.5 Å². The predicted octanol–water partition coefficient (Wildman–Crippen LogP) is 5.58. The number of hydrogen-bond donors (Lipinski definition) is 2. The summed E-state index contributed by atoms with van der Waals surface area (Å²) in [6.45, 7) is -0.00892. The van der Waals surface area contributed by atoms with Crippen LogP contribution in [-0.4, -0.2) is 47.0 Å². The first-order chi connectivity index (χ1) is 18.7. The Morgan fingerprint density at radius 1 is 1.03 bits per heavy atom. The quantitative estimate of drug-likeness (QED) is 0.274. The van der Waals surface area contributed by atoms with Crippen LogP contribution < -0.4 is 9.47 Å². The van der Waals surface area contributed by atoms with E-state index in [0.717, 1.165) is 0 Å². The number of amides is 1. The number of fused-ring (bicyclic) bond motifs is 1. The summed E-state index contributed by atoms with van der Waals surface area (Å²) in [4.78, 5) is 39.8. The molecular weight excluding hydrogens is 526 g/mol. The number of aliphatic hydroxyl groups excluding tert-OH is 1. The lowest BCUT2D eigenvalue weighted by molar-refractivity contribution is -0.130. The maximum absolute atomic E-state index is 13.9. The Balaban J connectivity index is 1.59. The van der Waals surface area contributed by atoms with Crippen molar-refractivity contribution < 1.29 is 38.5 Å². The van der Waals surface area contributed by atoms with Crippen LogP contribution in [0.1, 0.15) is 38.1 Å². The summed E-state index contributed by atoms with van der Waals surface area (Å²) in [6, 6.07) is 16.5. The number of carboxylic acid groups (broad SMARTS) is 1. The van der Waals surface area contributed by atoms with Gasteiger partial charge in [-0.05, 0) is 47.5 Å². The van der Waals surface area contributed by atoms with E-state index in [-0.39, 0.29) is 23.4 Å². The van der Waals surface area contributed by atoms with Crippen LogP contribution >= 0.6 is 11.6 Å². The Hall–Kier alpha value is -4.76. The van der Waals surface area contributed by atoms with E-state index in [0.29, 0.717) is 38.6 Å². The summed E-state index contributed by atoms with van der Waals surface area (Å²) in [6.07, 6.45) is 0. The molecule has 9 nitrogen and oxygen atoms in total. The van der Waals surface area contributed by atoms with Gasteiger partial charge in [0.25, 0.3) is 5.91 Å². The molecule has 2 N–H and O–H groups in total. The molecule has 0 radical (unpaired) electrons. The minimum atomic E-state index is -1.08. The average molecular weight is 548 g/mol. The maximum atomic E-state index is 13.9. The van der Waals surface area contributed by atoms with E-state index in [4.69, 9.17) is 25.5 Å². The first-order valence-corrected chi connectivity index (χ1v) is 12.1. The van der Waals surface area contributed by atoms with Crippen LogP contribution in [0.4, 0.5) is 0 Å². The Morgan fingerprint density at radius 3 is 2.44 bits per heavy atom. The van der Waals surface area contributed by atoms with E-state index in [2.05, 4.69) is 0 Å². The van der Waals surface area contributed by atoms with Crippen LogP contribution in [0.3, 0.4) is 0 Å². The molecule has 5 rings (SSSR count). The number of rotatable bonds is 8. The number of ketones is 1. The number of carbonyl (C=O) groups excluding carboxylic acids is 2. The van der Waals surface area contributed by atoms with Gasteiger partial charge in [-0.15, -0.1) is 0 Å². The van der Waals surface area contributed by atoms with E-state index >= 15 is 0 Å². The Labute approximate surface area is 227 Å². The van der Waals surface area contributed by atoms with Gasteiger partial charge < -0.3 is 29.0 Å². The van der Waals surface area contributed by atoms with Crippen molar-refractivity contribution in [1.82, 2.24) is 4.90 Å². The van der Waals surface area contributed by atoms with Crippen LogP contribution in [-0.2, 0) is 11.3 Å². The number of methoxy groups -OCH3 is 2. The maximum Gasteiger partial charge on any atom is 0.335 e. The van der Waals surface area contributed by atoms with Crippen molar-refractivity contribution >= 4 is 40.2 Å². The van der Waals surface area contributed by atoms with Gasteiger partial charge in [0.15, 0.2) is 22.9 Å². The molecule has 3 aromatic carbocycles. The fraction of sp³-hybridized carbons (Fsp3) is 0.138. The third kappa shape index (κ3) is 4.68. The standard InChI is InChI=1S/C29H22ClNO8/c1-37-20-5-3-4-17(11-20)24-23(25(32)21-12-18-10-19(30)13-22(38-2)27(18)39-21)26(33)28(34)31(24)14-15-6-8-16(9-7-15)29(35)36/h3-13,24,33H,14H2,1-2H3,(H,35,36). The number of Topliss-reactive ketones (excluding diaryl/α,β-unsaturated/α-hetero) is 1. The van der Waals surface area contributed by atoms with Gasteiger partial charge in [0, 0.05) is 23.0 Å². The van der Waals surface area contributed by atoms with Gasteiger partial charge in [0.1, 0.15) is 5.75 Å². The molecule has 0 fully saturated rings. The van der Waals surface area contributed by atoms with E-state index in [1.807, 2.05) is 0 Å². The highest BCUT2D eigenvalue weighted by Gasteiger charge is 2.44. The molecule has 1 aliphatic heterocycles. The molecule has 0 saturated carbocycles. The monoisotopic (exact) mass is 547 g/mol. The molecule has 0 spiro atoms. The van der Waals surface area contributed by atoms with Crippen molar-refractivity contribution in [2.75, 3.05) is 14.2 Å². The zero-order valence-corrected chi connectivity index (χ0v) is 21.6. The van der Waals surface area contributed by atoms with E-state index in [1.165, 1.54) is 37.3 Å². The summed E-state index contributed by atoms with van der Waals surface area (Å²) >= 11 is 6.16. The van der Waals surface area contributed by atoms with Crippen molar-refractivity contribution in [1.29, 1.82) is 0 Å². The summed E-state index contributed by atoms with van der Waals surface area (Å²) in [5.74, 6) is -2.53. The normalized spacial score (nSPS) is 15.2. The van der Waals surface area contributed by atoms with Crippen LogP contribution in [0, 0.1) is 0 Å². The van der Waals surface area contributed by atoms with Crippen LogP contribution in [0.25, 0.3) is 11.0 Å². The molecule has 4 aromatic rings. The van der Waals surface area contributed by atoms with Gasteiger partial charge in [-0.3, -0.25) is 9.59 Å². The minimum absolute atomic E-state index is 0.00892. The molecule has 10 heteroatoms. The number of furan rings is 1. The zero-order chi connectivity index (χ0) is 27.8. The van der Waals surface area contributed by atoms with Gasteiger partial charge in [-0.2, -0.15) is 0 Å². The fourth-order valence-electron chi connectivity index (χ4n) is 4.64. The van der Waals surface area contributed by atoms with E-state index in [9.17, 15) is 24.6 Å². The number of carboxylic acids is 1. The van der Waals surface area contributed by atoms with Crippen molar-refractivity contribution in [3.8, 4) is 11.5 Å². The number of hydrogen-bond acceptors (Lipinski definition) is 7. The summed E-state index contributed by atoms with van der Waals surface area (Å²) < 4.78 is 16.5. The second-order valence-electron chi connectivity index (χ2n) is 8.84. The molecule has 0 aliphatic carbocycles. The first kappa shape index (κ1) is 25.9. The fourth-order valence-corrected chi connectivity index (χ4v) is 4.86. The molecule has 0 bridgehead atoms. The lowest BCUT2D eigenvalue weighted by Gasteiger charge is -2.27. The Bertz CT molecular complexity index is 1650. The zero-order valence-electron chi connectivity index (χ0n) is 20.8. The lowest BCUT2D eigenvalue weighted by atomic mass is 9.94. The average Bonchev–Trinajstić information content (AvgIpc) is 3.47. The smallest absolute Gasteiger partial charge is 0.335 e. The third-order valence-corrected chi connectivity index (χ3v) is 6.72. The summed E-state index contributed by atoms with van der Waals surface area (Å²) in [5.41, 5.74) is 1.34. The van der Waals surface area contributed by atoms with Crippen molar-refractivity contribution in [2.24, 2.45) is 0 Å². The minimum Gasteiger partial charge on any atom is -0.503 e. The number of aliphatic hydroxyl groups is 1. The Kier molecular flexibility index (Phi) is 6.76. The Morgan fingerprint density at radius 2 is 1.77 bits per heavy atom. The van der Waals surface area contributed by atoms with Gasteiger partial charge >= 0.3 is 5.97 Å². The first-order valence-electron chi connectivity index (χ1n) is 11.7. The molecule has 2 heterocycles. The number of ether oxygens (including phenoxy) is 2. The van der Waals surface area contributed by atoms with Gasteiger partial charge in [-0.25, -0.2) is 4.79 Å². The topological polar surface area (TPSA) is 127 Å². The largest absolute Gasteiger partial charge is 0.503 e. The number of benzene rings is 3. The van der Waals surface area contributed by atoms with Gasteiger partial charge in [-0.1, -0.05) is 35.9 Å². The molecule has 39 heavy (non-hydrogen) atoms. The summed E-state index contributed by atoms with van der Waals surface area (Å²) in [5, 5.41) is 21.1. The number of aromatic carboxylic acids is 1. The predicted molar refractivity (Wildman–Crippen MR) is 141 cm³/mol. The molecule has 1 amide bonds. The van der Waals surface area contributed by atoms with Crippen LogP contribution in [0.2, 0.25) is 5.02 Å². The van der Waals surface area contributed by atoms with Gasteiger partial charge in [0.2, 0.25) is 5.78 Å². The van der Waals surface area contributed by atoms with E-state index in [1.54, 1.807) is 48.5 Å². The third-order valence-electron chi connectivity index (χ3n) is 6.50. The van der Waals surface area contributed by atoms with Gasteiger partial charge in [0.05, 0.1) is 31.4 Å². The molecule has 198 valence electrons. The summed E-state index contributed by atoms with van der Waals surface area (Å²) in [7, 11) is 2.94. The molecule has 1 aliphatic rings. The highest BCUT2D eigenvalue weighted by molar-refractivity contribution is 6.31. The second kappa shape index (κ2) is 10.2. The highest BCUT2D eigenvalue weighted by atomic mass is 35.5. The molecule has 0 saturated heterocycles. The molecule has 1 aromatic heterocycles. The molecular formula is C29H22ClNO8. The number of halogens is 1. The number of nitrogens with zero attached hydrogens (tertiary/aromatic N) is 1. The lowest BCUT2D eigenvalue weighted by Crippen LogP contribution is -2.30. The SMILES string of the molecule is COc1cccc(C2C(C(=O)c3cc4cc(Cl)cc(OC)c4o3)=C(O)C(=O)N2Cc2ccc(C(=O)O)cc2)c1. The highest BCUT2D eigenvalue weighted by Crippen LogP contribution is 2.42. The van der Waals surface area contributed by atoms with Crippen LogP contribution in [0.15, 0.2) is 82.5 Å². The second-order valence-corrected chi connectivity index (χ2v) is 9.28. The van der Waals surface area contributed by atoms with Crippen molar-refractivity contribution in [3.05, 3.63) is 106 Å². The molecule has 1 unspecified atom stereocenters. The van der Waals surface area contributed by atoms with Crippen molar-refractivity contribution in [2.45, 2.75) is 12.6 Å². The molecule has 1 atom stereocenters. The number of carbonyl (C=O) groups is 3.